The van der Waals surface area contributed by atoms with Crippen LogP contribution in [0.4, 0.5) is 0 Å². The predicted molar refractivity (Wildman–Crippen MR) is 33.6 cm³/mol. The van der Waals surface area contributed by atoms with Crippen molar-refractivity contribution in [2.45, 2.75) is 31.7 Å². The quantitative estimate of drug-likeness (QED) is 0.487. The van der Waals surface area contributed by atoms with Crippen LogP contribution < -0.4 is 10.8 Å². The summed E-state index contributed by atoms with van der Waals surface area (Å²) in [6, 6.07) is 0.330. The molecule has 10 heavy (non-hydrogen) atoms. The van der Waals surface area contributed by atoms with Gasteiger partial charge in [0.1, 0.15) is 0 Å². The molecule has 0 saturated heterocycles. The van der Waals surface area contributed by atoms with Crippen LogP contribution in [0.1, 0.15) is 25.7 Å². The van der Waals surface area contributed by atoms with Crippen LogP contribution >= 0.6 is 0 Å². The minimum Gasteiger partial charge on any atom is -0.550 e. The Morgan fingerprint density at radius 2 is 2.20 bits per heavy atom. The first kappa shape index (κ1) is 7.54. The molecule has 0 heterocycles. The molecule has 1 aliphatic carbocycles. The number of rotatable bonds is 1. The zero-order chi connectivity index (χ0) is 7.56. The summed E-state index contributed by atoms with van der Waals surface area (Å²) in [4.78, 5) is 10.4. The fraction of sp³-hybridized carbons (Fsp3) is 0.857. The van der Waals surface area contributed by atoms with Crippen molar-refractivity contribution in [3.05, 3.63) is 0 Å². The summed E-state index contributed by atoms with van der Waals surface area (Å²) < 4.78 is 0. The Kier molecular flexibility index (Phi) is 2.27. The zero-order valence-electron chi connectivity index (χ0n) is 6.01. The highest BCUT2D eigenvalue weighted by atomic mass is 16.4. The van der Waals surface area contributed by atoms with Gasteiger partial charge in [-0.05, 0) is 19.3 Å². The van der Waals surface area contributed by atoms with Crippen molar-refractivity contribution < 1.29 is 15.6 Å². The van der Waals surface area contributed by atoms with Crippen LogP contribution in [-0.2, 0) is 4.79 Å². The lowest BCUT2D eigenvalue weighted by molar-refractivity contribution is -0.429. The molecule has 0 radical (unpaired) electrons. The van der Waals surface area contributed by atoms with Gasteiger partial charge < -0.3 is 15.6 Å². The third-order valence-electron chi connectivity index (χ3n) is 2.12. The first-order valence-electron chi connectivity index (χ1n) is 3.74. The van der Waals surface area contributed by atoms with Crippen LogP contribution in [0.5, 0.6) is 0 Å². The van der Waals surface area contributed by atoms with Gasteiger partial charge in [0.2, 0.25) is 0 Å². The minimum absolute atomic E-state index is 0.226. The van der Waals surface area contributed by atoms with Crippen LogP contribution in [0.3, 0.4) is 0 Å². The molecule has 0 bridgehead atoms. The molecule has 1 aliphatic rings. The lowest BCUT2D eigenvalue weighted by atomic mass is 9.86. The van der Waals surface area contributed by atoms with Gasteiger partial charge in [-0.3, -0.25) is 0 Å². The number of carboxylic acids is 1. The van der Waals surface area contributed by atoms with Crippen molar-refractivity contribution >= 4 is 5.97 Å². The summed E-state index contributed by atoms with van der Waals surface area (Å²) in [6.07, 6.45) is 3.56. The maximum absolute atomic E-state index is 10.4. The fourth-order valence-electron chi connectivity index (χ4n) is 1.51. The molecular weight excluding hydrogens is 130 g/mol. The Hall–Kier alpha value is -0.570. The Morgan fingerprint density at radius 3 is 2.60 bits per heavy atom. The number of hydrogen-bond acceptors (Lipinski definition) is 2. The van der Waals surface area contributed by atoms with E-state index in [0.717, 1.165) is 19.3 Å². The first-order valence-corrected chi connectivity index (χ1v) is 3.74. The maximum atomic E-state index is 10.4. The van der Waals surface area contributed by atoms with E-state index in [1.807, 2.05) is 0 Å². The number of quaternary nitrogens is 1. The smallest absolute Gasteiger partial charge is 0.0849 e. The SMILES string of the molecule is [NH3+][C@H]1CCC[C@H](C(=O)[O-])C1. The molecule has 3 nitrogen and oxygen atoms in total. The van der Waals surface area contributed by atoms with Crippen LogP contribution in [-0.4, -0.2) is 12.0 Å². The lowest BCUT2D eigenvalue weighted by Gasteiger charge is -2.24. The Morgan fingerprint density at radius 1 is 1.50 bits per heavy atom. The molecule has 58 valence electrons. The Balaban J connectivity index is 2.39. The molecule has 0 amide bonds. The summed E-state index contributed by atoms with van der Waals surface area (Å²) in [6.45, 7) is 0. The molecular formula is C7H13NO2. The number of carbonyl (C=O) groups is 1. The minimum atomic E-state index is -0.895. The molecule has 0 aromatic rings. The van der Waals surface area contributed by atoms with Gasteiger partial charge in [0.15, 0.2) is 0 Å². The molecule has 1 fully saturated rings. The molecule has 0 aromatic heterocycles. The molecule has 1 rings (SSSR count). The highest BCUT2D eigenvalue weighted by Crippen LogP contribution is 2.21. The average Bonchev–Trinajstić information content (AvgIpc) is 1.88. The molecule has 3 heteroatoms. The normalized spacial score (nSPS) is 33.7. The van der Waals surface area contributed by atoms with Gasteiger partial charge >= 0.3 is 0 Å². The van der Waals surface area contributed by atoms with Crippen LogP contribution in [0.2, 0.25) is 0 Å². The predicted octanol–water partition coefficient (Wildman–Crippen LogP) is -1.46. The number of hydrogen-bond donors (Lipinski definition) is 1. The zero-order valence-corrected chi connectivity index (χ0v) is 6.01. The lowest BCUT2D eigenvalue weighted by Crippen LogP contribution is -2.63. The van der Waals surface area contributed by atoms with Crippen LogP contribution in [0.15, 0.2) is 0 Å². The molecule has 2 atom stereocenters. The van der Waals surface area contributed by atoms with E-state index in [9.17, 15) is 9.90 Å². The van der Waals surface area contributed by atoms with Crippen molar-refractivity contribution in [3.8, 4) is 0 Å². The fourth-order valence-corrected chi connectivity index (χ4v) is 1.51. The maximum Gasteiger partial charge on any atom is 0.0849 e. The molecule has 0 aromatic carbocycles. The highest BCUT2D eigenvalue weighted by Gasteiger charge is 2.21. The van der Waals surface area contributed by atoms with Gasteiger partial charge in [0.25, 0.3) is 0 Å². The van der Waals surface area contributed by atoms with E-state index >= 15 is 0 Å². The van der Waals surface area contributed by atoms with Gasteiger partial charge in [-0.15, -0.1) is 0 Å². The largest absolute Gasteiger partial charge is 0.550 e. The van der Waals surface area contributed by atoms with E-state index in [4.69, 9.17) is 0 Å². The van der Waals surface area contributed by atoms with E-state index in [-0.39, 0.29) is 5.92 Å². The highest BCUT2D eigenvalue weighted by molar-refractivity contribution is 5.67. The Bertz CT molecular complexity index is 136. The number of carboxylic acid groups (broad SMARTS) is 1. The average molecular weight is 143 g/mol. The van der Waals surface area contributed by atoms with E-state index < -0.39 is 5.97 Å². The Labute approximate surface area is 60.2 Å². The van der Waals surface area contributed by atoms with Crippen LogP contribution in [0.25, 0.3) is 0 Å². The van der Waals surface area contributed by atoms with Crippen LogP contribution in [0, 0.1) is 5.92 Å². The second-order valence-corrected chi connectivity index (χ2v) is 3.05. The molecule has 0 spiro atoms. The van der Waals surface area contributed by atoms with E-state index in [0.29, 0.717) is 12.5 Å². The van der Waals surface area contributed by atoms with Gasteiger partial charge in [-0.25, -0.2) is 0 Å². The number of carbonyl (C=O) groups excluding carboxylic acids is 1. The molecule has 1 saturated carbocycles. The van der Waals surface area contributed by atoms with Crippen molar-refractivity contribution in [1.82, 2.24) is 0 Å². The second-order valence-electron chi connectivity index (χ2n) is 3.05. The monoisotopic (exact) mass is 143 g/mol. The summed E-state index contributed by atoms with van der Waals surface area (Å²) in [5.41, 5.74) is 3.84. The van der Waals surface area contributed by atoms with Gasteiger partial charge in [-0.1, -0.05) is 0 Å². The van der Waals surface area contributed by atoms with Gasteiger partial charge in [0.05, 0.1) is 6.04 Å². The summed E-state index contributed by atoms with van der Waals surface area (Å²) in [5.74, 6) is -1.12. The van der Waals surface area contributed by atoms with Crippen molar-refractivity contribution in [2.24, 2.45) is 5.92 Å². The summed E-state index contributed by atoms with van der Waals surface area (Å²) >= 11 is 0. The van der Waals surface area contributed by atoms with Crippen molar-refractivity contribution in [1.29, 1.82) is 0 Å². The topological polar surface area (TPSA) is 67.8 Å². The molecule has 3 N–H and O–H groups in total. The third-order valence-corrected chi connectivity index (χ3v) is 2.12. The molecule has 0 aliphatic heterocycles. The summed E-state index contributed by atoms with van der Waals surface area (Å²) in [5, 5.41) is 10.4. The van der Waals surface area contributed by atoms with E-state index in [1.165, 1.54) is 0 Å². The van der Waals surface area contributed by atoms with Crippen molar-refractivity contribution in [2.75, 3.05) is 0 Å². The summed E-state index contributed by atoms with van der Waals surface area (Å²) in [7, 11) is 0. The standard InChI is InChI=1S/C7H13NO2/c8-6-3-1-2-5(4-6)7(9)10/h5-6H,1-4,8H2,(H,9,10)/t5-,6-/m0/s1. The second kappa shape index (κ2) is 3.01. The number of aliphatic carboxylic acids is 1. The molecule has 0 unspecified atom stereocenters. The van der Waals surface area contributed by atoms with Crippen molar-refractivity contribution in [3.63, 3.8) is 0 Å². The third kappa shape index (κ3) is 1.70. The van der Waals surface area contributed by atoms with Gasteiger partial charge in [-0.2, -0.15) is 0 Å². The van der Waals surface area contributed by atoms with Gasteiger partial charge in [0, 0.05) is 18.3 Å². The van der Waals surface area contributed by atoms with E-state index in [1.54, 1.807) is 0 Å². The van der Waals surface area contributed by atoms with E-state index in [2.05, 4.69) is 5.73 Å². The first-order chi connectivity index (χ1) is 4.70.